The van der Waals surface area contributed by atoms with Gasteiger partial charge in [-0.2, -0.15) is 0 Å². The molecular formula is C20H19FN6S. The zero-order chi connectivity index (χ0) is 19.5. The molecule has 3 heterocycles. The van der Waals surface area contributed by atoms with Crippen LogP contribution >= 0.6 is 11.3 Å². The lowest BCUT2D eigenvalue weighted by Crippen LogP contribution is -2.21. The summed E-state index contributed by atoms with van der Waals surface area (Å²) in [6.07, 6.45) is 2.83. The van der Waals surface area contributed by atoms with Gasteiger partial charge in [-0.3, -0.25) is 0 Å². The van der Waals surface area contributed by atoms with Crippen LogP contribution in [0, 0.1) is 5.82 Å². The van der Waals surface area contributed by atoms with Crippen LogP contribution < -0.4 is 10.2 Å². The van der Waals surface area contributed by atoms with Gasteiger partial charge in [-0.15, -0.1) is 0 Å². The Bertz CT molecular complexity index is 1090. The summed E-state index contributed by atoms with van der Waals surface area (Å²) in [5, 5.41) is 3.96. The minimum Gasteiger partial charge on any atom is -0.349 e. The molecule has 1 N–H and O–H groups in total. The van der Waals surface area contributed by atoms with Crippen molar-refractivity contribution >= 4 is 38.5 Å². The second-order valence-electron chi connectivity index (χ2n) is 6.08. The molecule has 0 radical (unpaired) electrons. The Kier molecular flexibility index (Phi) is 5.12. The fourth-order valence-electron chi connectivity index (χ4n) is 2.87. The largest absolute Gasteiger partial charge is 0.349 e. The molecule has 0 aliphatic carbocycles. The van der Waals surface area contributed by atoms with E-state index in [0.717, 1.165) is 28.4 Å². The number of rotatable bonds is 6. The SMILES string of the molecule is CCN(CC)c1nc2cc(-c3nc(Nc4ccccn4)ncc3F)ccc2s1. The molecule has 0 bridgehead atoms. The van der Waals surface area contributed by atoms with E-state index in [0.29, 0.717) is 11.4 Å². The number of pyridine rings is 1. The number of benzene rings is 1. The molecule has 4 rings (SSSR count). The zero-order valence-corrected chi connectivity index (χ0v) is 16.4. The van der Waals surface area contributed by atoms with Gasteiger partial charge < -0.3 is 10.2 Å². The van der Waals surface area contributed by atoms with Crippen LogP contribution in [0.5, 0.6) is 0 Å². The van der Waals surface area contributed by atoms with E-state index in [1.165, 1.54) is 6.20 Å². The van der Waals surface area contributed by atoms with Gasteiger partial charge in [0.1, 0.15) is 11.5 Å². The van der Waals surface area contributed by atoms with Crippen molar-refractivity contribution < 1.29 is 4.39 Å². The molecule has 0 saturated heterocycles. The smallest absolute Gasteiger partial charge is 0.229 e. The predicted octanol–water partition coefficient (Wildman–Crippen LogP) is 4.88. The number of nitrogens with zero attached hydrogens (tertiary/aromatic N) is 5. The Labute approximate surface area is 166 Å². The third kappa shape index (κ3) is 3.63. The highest BCUT2D eigenvalue weighted by molar-refractivity contribution is 7.22. The van der Waals surface area contributed by atoms with Crippen LogP contribution in [0.2, 0.25) is 0 Å². The van der Waals surface area contributed by atoms with Crippen molar-refractivity contribution in [2.45, 2.75) is 13.8 Å². The standard InChI is InChI=1S/C20H19FN6S/c1-3-27(4-2)20-24-15-11-13(8-9-16(15)28-20)18-14(21)12-23-19(26-18)25-17-7-5-6-10-22-17/h5-12H,3-4H2,1-2H3,(H,22,23,25,26). The first-order chi connectivity index (χ1) is 13.7. The summed E-state index contributed by atoms with van der Waals surface area (Å²) in [7, 11) is 0. The minimum atomic E-state index is -0.481. The van der Waals surface area contributed by atoms with E-state index in [2.05, 4.69) is 39.0 Å². The lowest BCUT2D eigenvalue weighted by Gasteiger charge is -2.16. The number of halogens is 1. The number of fused-ring (bicyclic) bond motifs is 1. The van der Waals surface area contributed by atoms with Crippen molar-refractivity contribution in [3.8, 4) is 11.3 Å². The summed E-state index contributed by atoms with van der Waals surface area (Å²) in [6, 6.07) is 11.2. The van der Waals surface area contributed by atoms with E-state index >= 15 is 0 Å². The maximum Gasteiger partial charge on any atom is 0.229 e. The lowest BCUT2D eigenvalue weighted by atomic mass is 10.1. The molecule has 4 aromatic rings. The van der Waals surface area contributed by atoms with Gasteiger partial charge in [0, 0.05) is 24.8 Å². The zero-order valence-electron chi connectivity index (χ0n) is 15.6. The third-order valence-electron chi connectivity index (χ3n) is 4.33. The predicted molar refractivity (Wildman–Crippen MR) is 112 cm³/mol. The van der Waals surface area contributed by atoms with E-state index in [9.17, 15) is 4.39 Å². The van der Waals surface area contributed by atoms with Crippen molar-refractivity contribution in [1.29, 1.82) is 0 Å². The Hall–Kier alpha value is -3.13. The molecule has 28 heavy (non-hydrogen) atoms. The summed E-state index contributed by atoms with van der Waals surface area (Å²) in [5.74, 6) is 0.404. The Balaban J connectivity index is 1.69. The van der Waals surface area contributed by atoms with Crippen molar-refractivity contribution in [3.05, 3.63) is 54.6 Å². The monoisotopic (exact) mass is 394 g/mol. The minimum absolute atomic E-state index is 0.229. The lowest BCUT2D eigenvalue weighted by molar-refractivity contribution is 0.619. The van der Waals surface area contributed by atoms with Crippen molar-refractivity contribution in [2.75, 3.05) is 23.3 Å². The molecule has 3 aromatic heterocycles. The van der Waals surface area contributed by atoms with Gasteiger partial charge in [-0.25, -0.2) is 24.3 Å². The highest BCUT2D eigenvalue weighted by Crippen LogP contribution is 2.32. The van der Waals surface area contributed by atoms with Crippen molar-refractivity contribution in [3.63, 3.8) is 0 Å². The highest BCUT2D eigenvalue weighted by atomic mass is 32.1. The number of anilines is 3. The first-order valence-corrected chi connectivity index (χ1v) is 9.86. The van der Waals surface area contributed by atoms with E-state index < -0.39 is 5.82 Å². The second-order valence-corrected chi connectivity index (χ2v) is 7.09. The molecule has 8 heteroatoms. The van der Waals surface area contributed by atoms with Gasteiger partial charge in [0.25, 0.3) is 0 Å². The van der Waals surface area contributed by atoms with Crippen molar-refractivity contribution in [1.82, 2.24) is 19.9 Å². The Morgan fingerprint density at radius 3 is 2.68 bits per heavy atom. The molecule has 0 spiro atoms. The third-order valence-corrected chi connectivity index (χ3v) is 5.43. The van der Waals surface area contributed by atoms with Crippen LogP contribution in [-0.4, -0.2) is 33.0 Å². The topological polar surface area (TPSA) is 66.8 Å². The summed E-state index contributed by atoms with van der Waals surface area (Å²) >= 11 is 1.64. The van der Waals surface area contributed by atoms with Crippen LogP contribution in [0.4, 0.5) is 21.3 Å². The summed E-state index contributed by atoms with van der Waals surface area (Å²) in [6.45, 7) is 6.00. The van der Waals surface area contributed by atoms with Gasteiger partial charge in [0.05, 0.1) is 16.4 Å². The molecular weight excluding hydrogens is 375 g/mol. The van der Waals surface area contributed by atoms with Crippen LogP contribution in [-0.2, 0) is 0 Å². The van der Waals surface area contributed by atoms with E-state index in [4.69, 9.17) is 4.98 Å². The van der Waals surface area contributed by atoms with Crippen LogP contribution in [0.3, 0.4) is 0 Å². The molecule has 0 saturated carbocycles. The van der Waals surface area contributed by atoms with E-state index in [-0.39, 0.29) is 11.6 Å². The average molecular weight is 394 g/mol. The van der Waals surface area contributed by atoms with E-state index in [1.807, 2.05) is 30.3 Å². The number of aromatic nitrogens is 4. The maximum absolute atomic E-state index is 14.4. The average Bonchev–Trinajstić information content (AvgIpc) is 3.14. The molecule has 0 amide bonds. The maximum atomic E-state index is 14.4. The first kappa shape index (κ1) is 18.2. The molecule has 0 atom stereocenters. The quantitative estimate of drug-likeness (QED) is 0.503. The van der Waals surface area contributed by atoms with Gasteiger partial charge in [-0.1, -0.05) is 23.5 Å². The summed E-state index contributed by atoms with van der Waals surface area (Å²) in [5.41, 5.74) is 1.72. The molecule has 0 fully saturated rings. The normalized spacial score (nSPS) is 11.0. The van der Waals surface area contributed by atoms with Gasteiger partial charge in [0.15, 0.2) is 10.9 Å². The second kappa shape index (κ2) is 7.85. The van der Waals surface area contributed by atoms with Crippen LogP contribution in [0.1, 0.15) is 13.8 Å². The fraction of sp³-hybridized carbons (Fsp3) is 0.200. The van der Waals surface area contributed by atoms with Gasteiger partial charge >= 0.3 is 0 Å². The number of thiazole rings is 1. The van der Waals surface area contributed by atoms with Gasteiger partial charge in [0.2, 0.25) is 5.95 Å². The molecule has 0 aliphatic heterocycles. The highest BCUT2D eigenvalue weighted by Gasteiger charge is 2.14. The van der Waals surface area contributed by atoms with Crippen LogP contribution in [0.25, 0.3) is 21.5 Å². The number of hydrogen-bond donors (Lipinski definition) is 1. The Morgan fingerprint density at radius 2 is 1.93 bits per heavy atom. The molecule has 0 unspecified atom stereocenters. The molecule has 0 aliphatic rings. The molecule has 142 valence electrons. The number of hydrogen-bond acceptors (Lipinski definition) is 7. The number of nitrogens with one attached hydrogen (secondary N) is 1. The fourth-order valence-corrected chi connectivity index (χ4v) is 3.95. The molecule has 1 aromatic carbocycles. The molecule has 6 nitrogen and oxygen atoms in total. The first-order valence-electron chi connectivity index (χ1n) is 9.04. The summed E-state index contributed by atoms with van der Waals surface area (Å²) in [4.78, 5) is 19.5. The van der Waals surface area contributed by atoms with Crippen molar-refractivity contribution in [2.24, 2.45) is 0 Å². The Morgan fingerprint density at radius 1 is 1.07 bits per heavy atom. The van der Waals surface area contributed by atoms with Crippen LogP contribution in [0.15, 0.2) is 48.8 Å². The van der Waals surface area contributed by atoms with E-state index in [1.54, 1.807) is 23.6 Å². The van der Waals surface area contributed by atoms with Gasteiger partial charge in [-0.05, 0) is 38.1 Å². The summed E-state index contributed by atoms with van der Waals surface area (Å²) < 4.78 is 15.5.